The Bertz CT molecular complexity index is 984. The van der Waals surface area contributed by atoms with Crippen molar-refractivity contribution in [2.75, 3.05) is 11.0 Å². The molecule has 0 saturated heterocycles. The van der Waals surface area contributed by atoms with E-state index in [1.165, 1.54) is 12.1 Å². The van der Waals surface area contributed by atoms with Gasteiger partial charge < -0.3 is 0 Å². The number of nitrogens with one attached hydrogen (secondary N) is 1. The molecule has 0 saturated carbocycles. The van der Waals surface area contributed by atoms with Crippen LogP contribution in [0.25, 0.3) is 10.4 Å². The number of rotatable bonds is 4. The second kappa shape index (κ2) is 6.43. The van der Waals surface area contributed by atoms with Crippen LogP contribution < -0.4 is 9.86 Å². The van der Waals surface area contributed by atoms with Gasteiger partial charge in [-0.05, 0) is 18.2 Å². The lowest BCUT2D eigenvalue weighted by molar-refractivity contribution is 0.596. The standard InChI is InChI=1S/C11H10Cl2N2O4S4/c1-22(16,17)15-6-2-3-7(23(14,18)19)10(20)9(6)11-5(12)4-8(13)21-11/h2-4,15,20H,1H3,(H2,14,18,19). The summed E-state index contributed by atoms with van der Waals surface area (Å²) >= 11 is 17.3. The molecule has 0 unspecified atom stereocenters. The van der Waals surface area contributed by atoms with E-state index < -0.39 is 20.0 Å². The van der Waals surface area contributed by atoms with E-state index in [0.717, 1.165) is 23.7 Å². The summed E-state index contributed by atoms with van der Waals surface area (Å²) < 4.78 is 49.0. The largest absolute Gasteiger partial charge is 0.283 e. The van der Waals surface area contributed by atoms with Crippen LogP contribution in [0.3, 0.4) is 0 Å². The first kappa shape index (κ1) is 18.8. The Balaban J connectivity index is 2.85. The Kier molecular flexibility index (Phi) is 5.27. The van der Waals surface area contributed by atoms with Gasteiger partial charge in [0, 0.05) is 10.5 Å². The Morgan fingerprint density at radius 1 is 1.22 bits per heavy atom. The van der Waals surface area contributed by atoms with Crippen molar-refractivity contribution in [3.8, 4) is 10.4 Å². The lowest BCUT2D eigenvalue weighted by atomic mass is 10.1. The molecular weight excluding hydrogens is 423 g/mol. The number of nitrogens with two attached hydrogens (primary N) is 1. The SMILES string of the molecule is CS(=O)(=O)Nc1ccc(S(N)(=O)=O)c(S)c1-c1sc(Cl)cc1Cl. The first-order valence-electron chi connectivity index (χ1n) is 5.72. The van der Waals surface area contributed by atoms with E-state index >= 15 is 0 Å². The molecule has 1 heterocycles. The fourth-order valence-electron chi connectivity index (χ4n) is 1.83. The van der Waals surface area contributed by atoms with Gasteiger partial charge >= 0.3 is 0 Å². The zero-order valence-corrected chi connectivity index (χ0v) is 16.2. The Hall–Kier alpha value is -0.490. The van der Waals surface area contributed by atoms with Gasteiger partial charge in [0.1, 0.15) is 0 Å². The number of sulfonamides is 2. The summed E-state index contributed by atoms with van der Waals surface area (Å²) in [5, 5.41) is 5.39. The molecule has 6 nitrogen and oxygen atoms in total. The zero-order chi connectivity index (χ0) is 17.6. The van der Waals surface area contributed by atoms with Crippen molar-refractivity contribution >= 4 is 72.9 Å². The first-order chi connectivity index (χ1) is 10.4. The van der Waals surface area contributed by atoms with E-state index in [1.54, 1.807) is 0 Å². The van der Waals surface area contributed by atoms with Crippen LogP contribution in [0.15, 0.2) is 28.0 Å². The van der Waals surface area contributed by atoms with Gasteiger partial charge in [-0.15, -0.1) is 24.0 Å². The van der Waals surface area contributed by atoms with E-state index in [1.807, 2.05) is 0 Å². The van der Waals surface area contributed by atoms with E-state index in [0.29, 0.717) is 9.21 Å². The molecule has 0 atom stereocenters. The van der Waals surface area contributed by atoms with Gasteiger partial charge in [-0.25, -0.2) is 22.0 Å². The quantitative estimate of drug-likeness (QED) is 0.645. The van der Waals surface area contributed by atoms with E-state index in [4.69, 9.17) is 28.3 Å². The molecule has 0 amide bonds. The summed E-state index contributed by atoms with van der Waals surface area (Å²) in [4.78, 5) is 0.0929. The normalized spacial score (nSPS) is 12.4. The van der Waals surface area contributed by atoms with Gasteiger partial charge in [-0.3, -0.25) is 4.72 Å². The monoisotopic (exact) mass is 432 g/mol. The zero-order valence-electron chi connectivity index (χ0n) is 11.4. The molecule has 1 aromatic heterocycles. The Morgan fingerprint density at radius 2 is 1.83 bits per heavy atom. The molecule has 2 aromatic rings. The first-order valence-corrected chi connectivity index (χ1v) is 11.2. The van der Waals surface area contributed by atoms with Crippen LogP contribution >= 0.6 is 47.2 Å². The fourth-order valence-corrected chi connectivity index (χ4v) is 5.41. The maximum absolute atomic E-state index is 11.7. The maximum Gasteiger partial charge on any atom is 0.239 e. The highest BCUT2D eigenvalue weighted by Gasteiger charge is 2.23. The van der Waals surface area contributed by atoms with Crippen molar-refractivity contribution in [3.05, 3.63) is 27.6 Å². The molecule has 126 valence electrons. The number of thiol groups is 1. The molecule has 0 bridgehead atoms. The van der Waals surface area contributed by atoms with Gasteiger partial charge in [0.15, 0.2) is 0 Å². The Labute approximate surface area is 153 Å². The van der Waals surface area contributed by atoms with Crippen molar-refractivity contribution < 1.29 is 16.8 Å². The van der Waals surface area contributed by atoms with Crippen LogP contribution in [0, 0.1) is 0 Å². The van der Waals surface area contributed by atoms with Crippen LogP contribution in [0.2, 0.25) is 9.36 Å². The molecule has 23 heavy (non-hydrogen) atoms. The third-order valence-corrected chi connectivity index (χ3v) is 6.48. The predicted octanol–water partition coefficient (Wildman–Crippen LogP) is 3.03. The third kappa shape index (κ3) is 4.32. The molecule has 1 aromatic carbocycles. The summed E-state index contributed by atoms with van der Waals surface area (Å²) in [6, 6.07) is 3.90. The van der Waals surface area contributed by atoms with Crippen LogP contribution in [-0.4, -0.2) is 23.1 Å². The smallest absolute Gasteiger partial charge is 0.239 e. The van der Waals surface area contributed by atoms with Crippen molar-refractivity contribution in [1.29, 1.82) is 0 Å². The van der Waals surface area contributed by atoms with Gasteiger partial charge in [-0.2, -0.15) is 0 Å². The van der Waals surface area contributed by atoms with Crippen molar-refractivity contribution in [1.82, 2.24) is 0 Å². The minimum Gasteiger partial charge on any atom is -0.283 e. The summed E-state index contributed by atoms with van der Waals surface area (Å²) in [5.41, 5.74) is 0.303. The average Bonchev–Trinajstić information content (AvgIpc) is 2.64. The van der Waals surface area contributed by atoms with Crippen LogP contribution in [0.4, 0.5) is 5.69 Å². The number of thiophene rings is 1. The fraction of sp³-hybridized carbons (Fsp3) is 0.0909. The Morgan fingerprint density at radius 3 is 2.26 bits per heavy atom. The topological polar surface area (TPSA) is 106 Å². The van der Waals surface area contributed by atoms with Crippen molar-refractivity contribution in [3.63, 3.8) is 0 Å². The molecule has 0 spiro atoms. The molecule has 2 rings (SSSR count). The van der Waals surface area contributed by atoms with Gasteiger partial charge in [0.2, 0.25) is 20.0 Å². The predicted molar refractivity (Wildman–Crippen MR) is 96.9 cm³/mol. The summed E-state index contributed by atoms with van der Waals surface area (Å²) in [6.07, 6.45) is 0.964. The summed E-state index contributed by atoms with van der Waals surface area (Å²) in [6.45, 7) is 0. The highest BCUT2D eigenvalue weighted by Crippen LogP contribution is 2.46. The molecule has 12 heteroatoms. The van der Waals surface area contributed by atoms with Crippen LogP contribution in [-0.2, 0) is 20.0 Å². The van der Waals surface area contributed by atoms with Crippen molar-refractivity contribution in [2.45, 2.75) is 9.79 Å². The number of hydrogen-bond donors (Lipinski definition) is 3. The van der Waals surface area contributed by atoms with Gasteiger partial charge in [0.25, 0.3) is 0 Å². The molecule has 0 radical (unpaired) electrons. The van der Waals surface area contributed by atoms with E-state index in [9.17, 15) is 16.8 Å². The van der Waals surface area contributed by atoms with Crippen LogP contribution in [0.1, 0.15) is 0 Å². The molecule has 0 aliphatic rings. The number of halogens is 2. The maximum atomic E-state index is 11.7. The summed E-state index contributed by atoms with van der Waals surface area (Å²) in [7, 11) is -7.67. The number of hydrogen-bond acceptors (Lipinski definition) is 6. The van der Waals surface area contributed by atoms with Gasteiger partial charge in [0.05, 0.1) is 31.1 Å². The average molecular weight is 433 g/mol. The molecular formula is C11H10Cl2N2O4S4. The molecule has 3 N–H and O–H groups in total. The third-order valence-electron chi connectivity index (χ3n) is 2.63. The number of primary sulfonamides is 1. The van der Waals surface area contributed by atoms with E-state index in [-0.39, 0.29) is 26.1 Å². The summed E-state index contributed by atoms with van der Waals surface area (Å²) in [5.74, 6) is 0. The molecule has 0 fully saturated rings. The van der Waals surface area contributed by atoms with Crippen molar-refractivity contribution in [2.24, 2.45) is 5.14 Å². The second-order valence-electron chi connectivity index (χ2n) is 4.48. The minimum absolute atomic E-state index is 0.0263. The lowest BCUT2D eigenvalue weighted by Crippen LogP contribution is -2.15. The lowest BCUT2D eigenvalue weighted by Gasteiger charge is -2.15. The van der Waals surface area contributed by atoms with E-state index in [2.05, 4.69) is 17.4 Å². The number of benzene rings is 1. The molecule has 0 aliphatic heterocycles. The minimum atomic E-state index is -4.06. The second-order valence-corrected chi connectivity index (χ2v) is 10.3. The highest BCUT2D eigenvalue weighted by molar-refractivity contribution is 7.92. The van der Waals surface area contributed by atoms with Gasteiger partial charge in [-0.1, -0.05) is 23.2 Å². The molecule has 0 aliphatic carbocycles. The highest BCUT2D eigenvalue weighted by atomic mass is 35.5. The van der Waals surface area contributed by atoms with Crippen LogP contribution in [0.5, 0.6) is 0 Å². The number of anilines is 1.